The van der Waals surface area contributed by atoms with Crippen molar-refractivity contribution in [2.75, 3.05) is 19.8 Å². The zero-order valence-electron chi connectivity index (χ0n) is 20.3. The third-order valence-electron chi connectivity index (χ3n) is 4.79. The van der Waals surface area contributed by atoms with E-state index in [-0.39, 0.29) is 17.9 Å². The molecule has 0 unspecified atom stereocenters. The lowest BCUT2D eigenvalue weighted by Gasteiger charge is -2.11. The van der Waals surface area contributed by atoms with Crippen LogP contribution >= 0.6 is 0 Å². The zero-order valence-corrected chi connectivity index (χ0v) is 20.3. The van der Waals surface area contributed by atoms with Crippen molar-refractivity contribution in [1.82, 2.24) is 10.7 Å². The van der Waals surface area contributed by atoms with Crippen molar-refractivity contribution in [2.24, 2.45) is 5.10 Å². The molecule has 0 aliphatic heterocycles. The van der Waals surface area contributed by atoms with Crippen molar-refractivity contribution in [3.8, 4) is 17.2 Å². The van der Waals surface area contributed by atoms with Gasteiger partial charge in [0.05, 0.1) is 31.5 Å². The van der Waals surface area contributed by atoms with Gasteiger partial charge in [0.1, 0.15) is 11.6 Å². The van der Waals surface area contributed by atoms with E-state index in [4.69, 9.17) is 14.2 Å². The van der Waals surface area contributed by atoms with Crippen LogP contribution in [0, 0.1) is 5.82 Å². The molecule has 10 heteroatoms. The molecule has 2 amide bonds. The van der Waals surface area contributed by atoms with Crippen LogP contribution in [-0.4, -0.2) is 43.8 Å². The first-order chi connectivity index (χ1) is 17.9. The Balaban J connectivity index is 1.56. The van der Waals surface area contributed by atoms with Crippen LogP contribution in [0.15, 0.2) is 71.8 Å². The number of halogens is 1. The summed E-state index contributed by atoms with van der Waals surface area (Å²) >= 11 is 0. The van der Waals surface area contributed by atoms with Gasteiger partial charge in [0.2, 0.25) is 0 Å². The fraction of sp³-hybridized carbons (Fsp3) is 0.185. The van der Waals surface area contributed by atoms with E-state index in [0.29, 0.717) is 35.8 Å². The summed E-state index contributed by atoms with van der Waals surface area (Å²) in [6.07, 6.45) is 1.38. The Morgan fingerprint density at radius 2 is 1.54 bits per heavy atom. The third kappa shape index (κ3) is 8.17. The Labute approximate surface area is 213 Å². The number of amides is 2. The first-order valence-electron chi connectivity index (χ1n) is 11.5. The summed E-state index contributed by atoms with van der Waals surface area (Å²) in [5.74, 6) is -0.891. The molecule has 0 fully saturated rings. The molecule has 0 bridgehead atoms. The Kier molecular flexibility index (Phi) is 9.72. The monoisotopic (exact) mass is 507 g/mol. The molecule has 9 nitrogen and oxygen atoms in total. The number of ether oxygens (including phenoxy) is 3. The van der Waals surface area contributed by atoms with Gasteiger partial charge < -0.3 is 19.5 Å². The molecule has 3 aromatic rings. The summed E-state index contributed by atoms with van der Waals surface area (Å²) in [5.41, 5.74) is 3.45. The summed E-state index contributed by atoms with van der Waals surface area (Å²) in [7, 11) is 0. The van der Waals surface area contributed by atoms with Gasteiger partial charge in [0.25, 0.3) is 11.8 Å². The first-order valence-corrected chi connectivity index (χ1v) is 11.5. The van der Waals surface area contributed by atoms with E-state index in [1.807, 2.05) is 6.92 Å². The maximum absolute atomic E-state index is 12.9. The highest BCUT2D eigenvalue weighted by Crippen LogP contribution is 2.29. The van der Waals surface area contributed by atoms with Gasteiger partial charge in [-0.05, 0) is 86.1 Å². The van der Waals surface area contributed by atoms with Crippen molar-refractivity contribution >= 4 is 24.0 Å². The standard InChI is InChI=1S/C27H26FN3O6/c1-3-35-22-12-8-20(9-13-22)27(34)37-23-14-5-18(15-24(23)36-4-2)16-30-31-25(32)17-29-26(33)19-6-10-21(28)11-7-19/h5-16H,3-4,17H2,1-2H3,(H,29,33)(H,31,32). The van der Waals surface area contributed by atoms with E-state index >= 15 is 0 Å². The molecule has 0 spiro atoms. The van der Waals surface area contributed by atoms with E-state index in [2.05, 4.69) is 15.8 Å². The van der Waals surface area contributed by atoms with Crippen molar-refractivity contribution in [1.29, 1.82) is 0 Å². The van der Waals surface area contributed by atoms with Gasteiger partial charge in [-0.15, -0.1) is 0 Å². The summed E-state index contributed by atoms with van der Waals surface area (Å²) < 4.78 is 29.4. The minimum Gasteiger partial charge on any atom is -0.494 e. The number of esters is 1. The second-order valence-corrected chi connectivity index (χ2v) is 7.47. The first kappa shape index (κ1) is 26.9. The van der Waals surface area contributed by atoms with E-state index in [9.17, 15) is 18.8 Å². The second-order valence-electron chi connectivity index (χ2n) is 7.47. The minimum absolute atomic E-state index is 0.226. The maximum Gasteiger partial charge on any atom is 0.343 e. The molecular weight excluding hydrogens is 481 g/mol. The van der Waals surface area contributed by atoms with Crippen LogP contribution < -0.4 is 25.0 Å². The molecule has 0 heterocycles. The fourth-order valence-corrected chi connectivity index (χ4v) is 3.05. The lowest BCUT2D eigenvalue weighted by atomic mass is 10.2. The number of carbonyl (C=O) groups excluding carboxylic acids is 3. The van der Waals surface area contributed by atoms with Gasteiger partial charge in [-0.2, -0.15) is 5.10 Å². The summed E-state index contributed by atoms with van der Waals surface area (Å²) in [6.45, 7) is 4.20. The van der Waals surface area contributed by atoms with E-state index in [0.717, 1.165) is 12.1 Å². The van der Waals surface area contributed by atoms with Crippen molar-refractivity contribution < 1.29 is 33.0 Å². The highest BCUT2D eigenvalue weighted by Gasteiger charge is 2.14. The third-order valence-corrected chi connectivity index (χ3v) is 4.79. The van der Waals surface area contributed by atoms with Crippen molar-refractivity contribution in [3.05, 3.63) is 89.2 Å². The molecule has 0 aliphatic carbocycles. The molecule has 37 heavy (non-hydrogen) atoms. The minimum atomic E-state index is -0.558. The number of carbonyl (C=O) groups is 3. The highest BCUT2D eigenvalue weighted by molar-refractivity contribution is 5.96. The van der Waals surface area contributed by atoms with E-state index < -0.39 is 23.6 Å². The van der Waals surface area contributed by atoms with Crippen molar-refractivity contribution in [2.45, 2.75) is 13.8 Å². The Bertz CT molecular complexity index is 1260. The SMILES string of the molecule is CCOc1ccc(C(=O)Oc2ccc(C=NNC(=O)CNC(=O)c3ccc(F)cc3)cc2OCC)cc1. The van der Waals surface area contributed by atoms with Crippen LogP contribution in [0.25, 0.3) is 0 Å². The van der Waals surface area contributed by atoms with Gasteiger partial charge in [-0.25, -0.2) is 14.6 Å². The Morgan fingerprint density at radius 3 is 2.22 bits per heavy atom. The predicted octanol–water partition coefficient (Wildman–Crippen LogP) is 3.72. The molecule has 2 N–H and O–H groups in total. The average Bonchev–Trinajstić information content (AvgIpc) is 2.90. The number of hydrazone groups is 1. The Morgan fingerprint density at radius 1 is 0.865 bits per heavy atom. The molecule has 0 saturated heterocycles. The molecule has 0 atom stereocenters. The molecule has 0 aliphatic rings. The fourth-order valence-electron chi connectivity index (χ4n) is 3.05. The predicted molar refractivity (Wildman–Crippen MR) is 135 cm³/mol. The van der Waals surface area contributed by atoms with E-state index in [1.54, 1.807) is 49.4 Å². The smallest absolute Gasteiger partial charge is 0.343 e. The average molecular weight is 508 g/mol. The number of hydrogen-bond acceptors (Lipinski definition) is 7. The summed E-state index contributed by atoms with van der Waals surface area (Å²) in [6, 6.07) is 16.3. The zero-order chi connectivity index (χ0) is 26.6. The summed E-state index contributed by atoms with van der Waals surface area (Å²) in [4.78, 5) is 36.5. The molecule has 192 valence electrons. The topological polar surface area (TPSA) is 115 Å². The Hall–Kier alpha value is -4.73. The van der Waals surface area contributed by atoms with Crippen LogP contribution in [0.4, 0.5) is 4.39 Å². The van der Waals surface area contributed by atoms with Crippen LogP contribution in [0.2, 0.25) is 0 Å². The lowest BCUT2D eigenvalue weighted by Crippen LogP contribution is -2.34. The molecular formula is C27H26FN3O6. The molecule has 3 aromatic carbocycles. The van der Waals surface area contributed by atoms with Crippen molar-refractivity contribution in [3.63, 3.8) is 0 Å². The number of hydrogen-bond donors (Lipinski definition) is 2. The number of nitrogens with one attached hydrogen (secondary N) is 2. The van der Waals surface area contributed by atoms with Gasteiger partial charge in [0, 0.05) is 5.56 Å². The van der Waals surface area contributed by atoms with Gasteiger partial charge in [-0.1, -0.05) is 0 Å². The van der Waals surface area contributed by atoms with Crippen LogP contribution in [0.3, 0.4) is 0 Å². The molecule has 0 saturated carbocycles. The normalized spacial score (nSPS) is 10.6. The molecule has 0 radical (unpaired) electrons. The lowest BCUT2D eigenvalue weighted by molar-refractivity contribution is -0.120. The van der Waals surface area contributed by atoms with Crippen LogP contribution in [0.5, 0.6) is 17.2 Å². The maximum atomic E-state index is 12.9. The number of nitrogens with zero attached hydrogens (tertiary/aromatic N) is 1. The quantitative estimate of drug-likeness (QED) is 0.177. The molecule has 0 aromatic heterocycles. The van der Waals surface area contributed by atoms with Gasteiger partial charge >= 0.3 is 5.97 Å². The second kappa shape index (κ2) is 13.4. The summed E-state index contributed by atoms with van der Waals surface area (Å²) in [5, 5.41) is 6.28. The molecule has 3 rings (SSSR count). The van der Waals surface area contributed by atoms with Gasteiger partial charge in [-0.3, -0.25) is 9.59 Å². The number of rotatable bonds is 11. The number of benzene rings is 3. The van der Waals surface area contributed by atoms with E-state index in [1.165, 1.54) is 18.3 Å². The van der Waals surface area contributed by atoms with Gasteiger partial charge in [0.15, 0.2) is 11.5 Å². The highest BCUT2D eigenvalue weighted by atomic mass is 19.1. The van der Waals surface area contributed by atoms with Crippen LogP contribution in [-0.2, 0) is 4.79 Å². The largest absolute Gasteiger partial charge is 0.494 e. The van der Waals surface area contributed by atoms with Crippen LogP contribution in [0.1, 0.15) is 40.1 Å².